The van der Waals surface area contributed by atoms with E-state index < -0.39 is 22.0 Å². The number of thiazole rings is 1. The molecule has 0 spiro atoms. The molecule has 3 rings (SSSR count). The Balaban J connectivity index is 1.83. The zero-order valence-corrected chi connectivity index (χ0v) is 17.8. The number of carbonyl (C=O) groups is 1. The molecule has 0 bridgehead atoms. The molecule has 0 saturated heterocycles. The van der Waals surface area contributed by atoms with Crippen molar-refractivity contribution in [3.63, 3.8) is 0 Å². The van der Waals surface area contributed by atoms with Crippen LogP contribution in [0.5, 0.6) is 0 Å². The van der Waals surface area contributed by atoms with Gasteiger partial charge >= 0.3 is 0 Å². The molecule has 0 radical (unpaired) electrons. The number of carbonyl (C=O) groups excluding carboxylic acids is 1. The van der Waals surface area contributed by atoms with Crippen molar-refractivity contribution in [2.75, 3.05) is 5.32 Å². The highest BCUT2D eigenvalue weighted by Gasteiger charge is 2.28. The number of hydrogen-bond acceptors (Lipinski definition) is 5. The quantitative estimate of drug-likeness (QED) is 0.638. The van der Waals surface area contributed by atoms with Crippen molar-refractivity contribution >= 4 is 43.2 Å². The lowest BCUT2D eigenvalue weighted by Gasteiger charge is -2.21. The molecule has 0 aliphatic carbocycles. The summed E-state index contributed by atoms with van der Waals surface area (Å²) in [5.41, 5.74) is 2.47. The van der Waals surface area contributed by atoms with Gasteiger partial charge in [0, 0.05) is 5.69 Å². The van der Waals surface area contributed by atoms with Gasteiger partial charge in [0.2, 0.25) is 15.9 Å². The molecule has 2 N–H and O–H groups in total. The van der Waals surface area contributed by atoms with Gasteiger partial charge in [0.05, 0.1) is 20.1 Å². The van der Waals surface area contributed by atoms with E-state index in [0.29, 0.717) is 5.69 Å². The van der Waals surface area contributed by atoms with Gasteiger partial charge in [-0.3, -0.25) is 4.79 Å². The SMILES string of the molecule is Cc1ccc(NC(=O)C(NS(=O)(=O)c2ccc3nc(C)sc3c2)C(C)C)cc1. The van der Waals surface area contributed by atoms with E-state index in [0.717, 1.165) is 20.8 Å². The molecule has 28 heavy (non-hydrogen) atoms. The summed E-state index contributed by atoms with van der Waals surface area (Å²) < 4.78 is 29.1. The van der Waals surface area contributed by atoms with Gasteiger partial charge in [0.15, 0.2) is 0 Å². The Labute approximate surface area is 169 Å². The van der Waals surface area contributed by atoms with Crippen molar-refractivity contribution in [3.8, 4) is 0 Å². The van der Waals surface area contributed by atoms with Crippen LogP contribution in [0.15, 0.2) is 47.4 Å². The number of anilines is 1. The standard InChI is InChI=1S/C20H23N3O3S2/c1-12(2)19(20(24)22-15-7-5-13(3)6-8-15)23-28(25,26)16-9-10-17-18(11-16)27-14(4)21-17/h5-12,19,23H,1-4H3,(H,22,24). The summed E-state index contributed by atoms with van der Waals surface area (Å²) in [5, 5.41) is 3.65. The first-order valence-electron chi connectivity index (χ1n) is 8.93. The van der Waals surface area contributed by atoms with Gasteiger partial charge in [-0.25, -0.2) is 13.4 Å². The van der Waals surface area contributed by atoms with Crippen LogP contribution in [0.1, 0.15) is 24.4 Å². The molecule has 1 aromatic heterocycles. The normalized spacial score (nSPS) is 13.0. The first-order chi connectivity index (χ1) is 13.2. The monoisotopic (exact) mass is 417 g/mol. The van der Waals surface area contributed by atoms with Gasteiger partial charge < -0.3 is 5.32 Å². The topological polar surface area (TPSA) is 88.2 Å². The van der Waals surface area contributed by atoms with E-state index in [9.17, 15) is 13.2 Å². The van der Waals surface area contributed by atoms with E-state index in [4.69, 9.17) is 0 Å². The van der Waals surface area contributed by atoms with Gasteiger partial charge in [-0.1, -0.05) is 31.5 Å². The molecule has 3 aromatic rings. The van der Waals surface area contributed by atoms with Crippen molar-refractivity contribution in [1.29, 1.82) is 0 Å². The summed E-state index contributed by atoms with van der Waals surface area (Å²) in [6, 6.07) is 11.2. The third kappa shape index (κ3) is 4.57. The number of nitrogens with one attached hydrogen (secondary N) is 2. The predicted octanol–water partition coefficient (Wildman–Crippen LogP) is 3.85. The van der Waals surface area contributed by atoms with Crippen molar-refractivity contribution in [2.24, 2.45) is 5.92 Å². The average Bonchev–Trinajstić information content (AvgIpc) is 3.00. The van der Waals surface area contributed by atoms with E-state index in [1.54, 1.807) is 38.1 Å². The second kappa shape index (κ2) is 7.98. The number of nitrogens with zero attached hydrogens (tertiary/aromatic N) is 1. The molecule has 6 nitrogen and oxygen atoms in total. The zero-order chi connectivity index (χ0) is 20.5. The van der Waals surface area contributed by atoms with E-state index in [1.807, 2.05) is 26.0 Å². The van der Waals surface area contributed by atoms with Crippen LogP contribution in [0.2, 0.25) is 0 Å². The summed E-state index contributed by atoms with van der Waals surface area (Å²) in [7, 11) is -3.86. The highest BCUT2D eigenvalue weighted by Crippen LogP contribution is 2.25. The highest BCUT2D eigenvalue weighted by molar-refractivity contribution is 7.89. The molecule has 0 aliphatic rings. The second-order valence-corrected chi connectivity index (χ2v) is 10.0. The fourth-order valence-electron chi connectivity index (χ4n) is 2.77. The Bertz CT molecular complexity index is 1100. The van der Waals surface area contributed by atoms with E-state index in [2.05, 4.69) is 15.0 Å². The van der Waals surface area contributed by atoms with Crippen molar-refractivity contribution in [2.45, 2.75) is 38.6 Å². The molecular formula is C20H23N3O3S2. The van der Waals surface area contributed by atoms with Crippen LogP contribution in [0.25, 0.3) is 10.2 Å². The fourth-order valence-corrected chi connectivity index (χ4v) is 5.08. The molecule has 148 valence electrons. The Morgan fingerprint density at radius 1 is 1.07 bits per heavy atom. The molecule has 1 amide bonds. The molecule has 0 fully saturated rings. The maximum absolute atomic E-state index is 12.9. The number of rotatable bonds is 6. The van der Waals surface area contributed by atoms with E-state index >= 15 is 0 Å². The molecule has 8 heteroatoms. The lowest BCUT2D eigenvalue weighted by molar-refractivity contribution is -0.118. The minimum absolute atomic E-state index is 0.123. The summed E-state index contributed by atoms with van der Waals surface area (Å²) >= 11 is 1.43. The first kappa shape index (κ1) is 20.4. The molecule has 1 heterocycles. The van der Waals surface area contributed by atoms with Crippen LogP contribution in [0.4, 0.5) is 5.69 Å². The van der Waals surface area contributed by atoms with Gasteiger partial charge in [0.25, 0.3) is 0 Å². The first-order valence-corrected chi connectivity index (χ1v) is 11.2. The van der Waals surface area contributed by atoms with Crippen LogP contribution in [0.3, 0.4) is 0 Å². The van der Waals surface area contributed by atoms with Crippen LogP contribution < -0.4 is 10.0 Å². The number of benzene rings is 2. The summed E-state index contributed by atoms with van der Waals surface area (Å²) in [6.07, 6.45) is 0. The number of amides is 1. The molecule has 1 unspecified atom stereocenters. The number of aryl methyl sites for hydroxylation is 2. The molecule has 1 atom stereocenters. The summed E-state index contributed by atoms with van der Waals surface area (Å²) in [4.78, 5) is 17.2. The Kier molecular flexibility index (Phi) is 5.83. The molecular weight excluding hydrogens is 394 g/mol. The Morgan fingerprint density at radius 3 is 2.39 bits per heavy atom. The van der Waals surface area contributed by atoms with E-state index in [1.165, 1.54) is 17.4 Å². The maximum Gasteiger partial charge on any atom is 0.242 e. The second-order valence-electron chi connectivity index (χ2n) is 7.06. The third-order valence-corrected chi connectivity index (χ3v) is 6.70. The van der Waals surface area contributed by atoms with Gasteiger partial charge in [-0.05, 0) is 50.1 Å². The number of fused-ring (bicyclic) bond motifs is 1. The molecule has 0 saturated carbocycles. The summed E-state index contributed by atoms with van der Waals surface area (Å²) in [5.74, 6) is -0.619. The van der Waals surface area contributed by atoms with Gasteiger partial charge in [-0.15, -0.1) is 11.3 Å². The lowest BCUT2D eigenvalue weighted by Crippen LogP contribution is -2.47. The van der Waals surface area contributed by atoms with Crippen LogP contribution in [-0.4, -0.2) is 25.4 Å². The Morgan fingerprint density at radius 2 is 1.75 bits per heavy atom. The number of aromatic nitrogens is 1. The average molecular weight is 418 g/mol. The lowest BCUT2D eigenvalue weighted by atomic mass is 10.0. The van der Waals surface area contributed by atoms with Gasteiger partial charge in [0.1, 0.15) is 6.04 Å². The largest absolute Gasteiger partial charge is 0.325 e. The van der Waals surface area contributed by atoms with Crippen LogP contribution >= 0.6 is 11.3 Å². The minimum atomic E-state index is -3.86. The van der Waals surface area contributed by atoms with Crippen molar-refractivity contribution < 1.29 is 13.2 Å². The fraction of sp³-hybridized carbons (Fsp3) is 0.300. The van der Waals surface area contributed by atoms with Crippen LogP contribution in [-0.2, 0) is 14.8 Å². The number of hydrogen-bond donors (Lipinski definition) is 2. The van der Waals surface area contributed by atoms with Crippen molar-refractivity contribution in [3.05, 3.63) is 53.0 Å². The molecule has 2 aromatic carbocycles. The smallest absolute Gasteiger partial charge is 0.242 e. The maximum atomic E-state index is 12.9. The predicted molar refractivity (Wildman–Crippen MR) is 113 cm³/mol. The zero-order valence-electron chi connectivity index (χ0n) is 16.2. The highest BCUT2D eigenvalue weighted by atomic mass is 32.2. The van der Waals surface area contributed by atoms with Crippen LogP contribution in [0, 0.1) is 19.8 Å². The Hall–Kier alpha value is -2.29. The third-order valence-electron chi connectivity index (χ3n) is 4.33. The minimum Gasteiger partial charge on any atom is -0.325 e. The molecule has 0 aliphatic heterocycles. The van der Waals surface area contributed by atoms with Gasteiger partial charge in [-0.2, -0.15) is 4.72 Å². The number of sulfonamides is 1. The van der Waals surface area contributed by atoms with Crippen molar-refractivity contribution in [1.82, 2.24) is 9.71 Å². The summed E-state index contributed by atoms with van der Waals surface area (Å²) in [6.45, 7) is 7.44. The van der Waals surface area contributed by atoms with E-state index in [-0.39, 0.29) is 10.8 Å².